The zero-order valence-electron chi connectivity index (χ0n) is 20.1. The van der Waals surface area contributed by atoms with Gasteiger partial charge in [-0.3, -0.25) is 4.79 Å². The van der Waals surface area contributed by atoms with Crippen molar-refractivity contribution in [3.63, 3.8) is 0 Å². The molecule has 0 saturated carbocycles. The van der Waals surface area contributed by atoms with Gasteiger partial charge in [0.25, 0.3) is 0 Å². The Morgan fingerprint density at radius 2 is 1.83 bits per heavy atom. The highest BCUT2D eigenvalue weighted by Crippen LogP contribution is 2.31. The Hall–Kier alpha value is -3.30. The molecular formula is C27H28FN3O4S. The second-order valence-corrected chi connectivity index (χ2v) is 11.2. The average molecular weight is 510 g/mol. The van der Waals surface area contributed by atoms with Crippen molar-refractivity contribution in [1.29, 1.82) is 0 Å². The van der Waals surface area contributed by atoms with Gasteiger partial charge in [-0.15, -0.1) is 0 Å². The summed E-state index contributed by atoms with van der Waals surface area (Å²) in [6.45, 7) is 3.17. The third kappa shape index (κ3) is 4.73. The topological polar surface area (TPSA) is 83.7 Å². The van der Waals surface area contributed by atoms with Crippen LogP contribution < -0.4 is 0 Å². The van der Waals surface area contributed by atoms with E-state index in [0.717, 1.165) is 12.0 Å². The van der Waals surface area contributed by atoms with Crippen LogP contribution in [0.5, 0.6) is 0 Å². The molecule has 2 aliphatic heterocycles. The number of carbonyl (C=O) groups excluding carboxylic acids is 1. The lowest BCUT2D eigenvalue weighted by molar-refractivity contribution is -0.137. The van der Waals surface area contributed by atoms with E-state index in [1.165, 1.54) is 28.1 Å². The largest absolute Gasteiger partial charge is 0.355 e. The fourth-order valence-electron chi connectivity index (χ4n) is 5.01. The number of rotatable bonds is 5. The third-order valence-corrected chi connectivity index (χ3v) is 8.95. The minimum Gasteiger partial charge on any atom is -0.355 e. The van der Waals surface area contributed by atoms with Gasteiger partial charge in [0.15, 0.2) is 10.7 Å². The van der Waals surface area contributed by atoms with E-state index >= 15 is 0 Å². The number of hydrogen-bond donors (Lipinski definition) is 0. The molecule has 0 N–H and O–H groups in total. The highest BCUT2D eigenvalue weighted by Gasteiger charge is 2.38. The molecule has 1 atom stereocenters. The lowest BCUT2D eigenvalue weighted by Crippen LogP contribution is -2.47. The van der Waals surface area contributed by atoms with Gasteiger partial charge in [0.05, 0.1) is 5.92 Å². The number of halogens is 1. The fraction of sp³-hybridized carbons (Fsp3) is 0.333. The first-order valence-electron chi connectivity index (χ1n) is 12.1. The maximum absolute atomic E-state index is 14.0. The van der Waals surface area contributed by atoms with Crippen LogP contribution >= 0.6 is 0 Å². The summed E-state index contributed by atoms with van der Waals surface area (Å²) >= 11 is 0. The maximum atomic E-state index is 14.0. The number of aromatic nitrogens is 1. The van der Waals surface area contributed by atoms with Gasteiger partial charge in [-0.05, 0) is 55.5 Å². The molecule has 9 heteroatoms. The van der Waals surface area contributed by atoms with E-state index < -0.39 is 21.8 Å². The molecule has 0 unspecified atom stereocenters. The minimum atomic E-state index is -3.98. The predicted molar refractivity (Wildman–Crippen MR) is 134 cm³/mol. The maximum Gasteiger partial charge on any atom is 0.248 e. The van der Waals surface area contributed by atoms with Gasteiger partial charge in [0.2, 0.25) is 15.9 Å². The fourth-order valence-corrected chi connectivity index (χ4v) is 6.78. The summed E-state index contributed by atoms with van der Waals surface area (Å²) in [5.41, 5.74) is 2.93. The number of fused-ring (bicyclic) bond motifs is 1. The van der Waals surface area contributed by atoms with Gasteiger partial charge in [0, 0.05) is 31.7 Å². The van der Waals surface area contributed by atoms with Crippen molar-refractivity contribution in [1.82, 2.24) is 14.4 Å². The summed E-state index contributed by atoms with van der Waals surface area (Å²) in [5.74, 6) is -0.800. The first kappa shape index (κ1) is 24.4. The van der Waals surface area contributed by atoms with E-state index in [2.05, 4.69) is 11.2 Å². The third-order valence-electron chi connectivity index (χ3n) is 6.93. The number of benzene rings is 2. The molecule has 2 aliphatic rings. The molecule has 3 aromatic rings. The highest BCUT2D eigenvalue weighted by atomic mass is 32.2. The Balaban J connectivity index is 1.35. The SMILES string of the molecule is Cc1noc(/C=C/c2ccccc2F)c1S(=O)(=O)N1CCC[C@H](C(=O)N2CCc3ccccc3C2)C1. The Labute approximate surface area is 210 Å². The van der Waals surface area contributed by atoms with Crippen LogP contribution in [-0.2, 0) is 27.8 Å². The smallest absolute Gasteiger partial charge is 0.248 e. The molecule has 0 bridgehead atoms. The van der Waals surface area contributed by atoms with Crippen molar-refractivity contribution in [3.05, 3.63) is 82.5 Å². The minimum absolute atomic E-state index is 0.00823. The van der Waals surface area contributed by atoms with E-state index in [0.29, 0.717) is 38.0 Å². The van der Waals surface area contributed by atoms with Crippen LogP contribution in [0.15, 0.2) is 57.9 Å². The van der Waals surface area contributed by atoms with Gasteiger partial charge in [-0.1, -0.05) is 47.6 Å². The molecule has 1 amide bonds. The van der Waals surface area contributed by atoms with E-state index in [1.807, 2.05) is 23.1 Å². The van der Waals surface area contributed by atoms with Crippen molar-refractivity contribution in [2.24, 2.45) is 5.92 Å². The Morgan fingerprint density at radius 3 is 2.64 bits per heavy atom. The number of piperidine rings is 1. The lowest BCUT2D eigenvalue weighted by Gasteiger charge is -2.36. The summed E-state index contributed by atoms with van der Waals surface area (Å²) in [6, 6.07) is 14.3. The number of amides is 1. The van der Waals surface area contributed by atoms with Crippen molar-refractivity contribution >= 4 is 28.1 Å². The second kappa shape index (κ2) is 9.99. The molecule has 36 heavy (non-hydrogen) atoms. The van der Waals surface area contributed by atoms with E-state index in [1.54, 1.807) is 25.1 Å². The number of aryl methyl sites for hydroxylation is 1. The van der Waals surface area contributed by atoms with Crippen molar-refractivity contribution in [2.75, 3.05) is 19.6 Å². The average Bonchev–Trinajstić information content (AvgIpc) is 3.28. The zero-order valence-corrected chi connectivity index (χ0v) is 20.9. The molecular weight excluding hydrogens is 481 g/mol. The van der Waals surface area contributed by atoms with E-state index in [9.17, 15) is 17.6 Å². The van der Waals surface area contributed by atoms with Crippen molar-refractivity contribution < 1.29 is 22.1 Å². The van der Waals surface area contributed by atoms with Crippen LogP contribution in [0.25, 0.3) is 12.2 Å². The Morgan fingerprint density at radius 1 is 1.08 bits per heavy atom. The number of hydrogen-bond acceptors (Lipinski definition) is 5. The van der Waals surface area contributed by atoms with Crippen LogP contribution in [0, 0.1) is 18.7 Å². The number of carbonyl (C=O) groups is 1. The summed E-state index contributed by atoms with van der Waals surface area (Å²) in [5, 5.41) is 3.86. The van der Waals surface area contributed by atoms with Crippen LogP contribution in [0.3, 0.4) is 0 Å². The lowest BCUT2D eigenvalue weighted by atomic mass is 9.95. The van der Waals surface area contributed by atoms with Gasteiger partial charge in [-0.25, -0.2) is 12.8 Å². The molecule has 2 aromatic carbocycles. The quantitative estimate of drug-likeness (QED) is 0.513. The van der Waals surface area contributed by atoms with Gasteiger partial charge < -0.3 is 9.42 Å². The van der Waals surface area contributed by atoms with Crippen LogP contribution in [0.1, 0.15) is 41.0 Å². The molecule has 0 aliphatic carbocycles. The molecule has 0 spiro atoms. The van der Waals surface area contributed by atoms with Crippen molar-refractivity contribution in [3.8, 4) is 0 Å². The highest BCUT2D eigenvalue weighted by molar-refractivity contribution is 7.89. The first-order chi connectivity index (χ1) is 17.3. The number of sulfonamides is 1. The summed E-state index contributed by atoms with van der Waals surface area (Å²) in [6.07, 6.45) is 4.92. The number of nitrogens with zero attached hydrogens (tertiary/aromatic N) is 3. The molecule has 7 nitrogen and oxygen atoms in total. The normalized spacial score (nSPS) is 18.9. The standard InChI is InChI=1S/C27H28FN3O4S/c1-19-26(25(35-29-19)13-12-21-8-4-5-11-24(21)28)36(33,34)31-15-6-10-23(18-31)27(32)30-16-14-20-7-2-3-9-22(20)17-30/h2-5,7-9,11-13,23H,6,10,14-18H2,1H3/b13-12+/t23-/m0/s1. The Kier molecular flexibility index (Phi) is 6.77. The van der Waals surface area contributed by atoms with Crippen LogP contribution in [0.4, 0.5) is 4.39 Å². The predicted octanol–water partition coefficient (Wildman–Crippen LogP) is 4.28. The van der Waals surface area contributed by atoms with Gasteiger partial charge in [-0.2, -0.15) is 4.31 Å². The molecule has 3 heterocycles. The summed E-state index contributed by atoms with van der Waals surface area (Å²) in [4.78, 5) is 15.2. The van der Waals surface area contributed by atoms with Crippen LogP contribution in [-0.4, -0.2) is 48.3 Å². The first-order valence-corrected chi connectivity index (χ1v) is 13.5. The molecule has 1 saturated heterocycles. The Bertz CT molecular complexity index is 1420. The van der Waals surface area contributed by atoms with Crippen LogP contribution in [0.2, 0.25) is 0 Å². The van der Waals surface area contributed by atoms with Gasteiger partial charge in [0.1, 0.15) is 11.5 Å². The van der Waals surface area contributed by atoms with Gasteiger partial charge >= 0.3 is 0 Å². The van der Waals surface area contributed by atoms with Crippen molar-refractivity contribution in [2.45, 2.75) is 37.6 Å². The molecule has 1 aromatic heterocycles. The molecule has 1 fully saturated rings. The zero-order chi connectivity index (χ0) is 25.3. The molecule has 188 valence electrons. The summed E-state index contributed by atoms with van der Waals surface area (Å²) in [7, 11) is -3.98. The van der Waals surface area contributed by atoms with E-state index in [4.69, 9.17) is 4.52 Å². The molecule has 0 radical (unpaired) electrons. The second-order valence-electron chi connectivity index (χ2n) is 9.30. The monoisotopic (exact) mass is 509 g/mol. The molecule has 5 rings (SSSR count). The summed E-state index contributed by atoms with van der Waals surface area (Å²) < 4.78 is 48.0. The van der Waals surface area contributed by atoms with E-state index in [-0.39, 0.29) is 28.8 Å².